The van der Waals surface area contributed by atoms with Crippen LogP contribution in [0.2, 0.25) is 0 Å². The number of amides is 2. The SMILES string of the molecule is CCN(CC(=O)N1CCc2sccc2[C@@H]1COc1ccc(C)cc1C)C(=O)c1ccc(C)cc1. The summed E-state index contributed by atoms with van der Waals surface area (Å²) in [4.78, 5) is 31.4. The van der Waals surface area contributed by atoms with Crippen LogP contribution in [-0.2, 0) is 11.2 Å². The maximum Gasteiger partial charge on any atom is 0.254 e. The van der Waals surface area contributed by atoms with E-state index in [1.165, 1.54) is 10.4 Å². The first-order valence-corrected chi connectivity index (χ1v) is 12.7. The van der Waals surface area contributed by atoms with E-state index < -0.39 is 0 Å². The molecule has 178 valence electrons. The Morgan fingerprint density at radius 2 is 1.79 bits per heavy atom. The van der Waals surface area contributed by atoms with Crippen LogP contribution in [0.1, 0.15) is 50.5 Å². The van der Waals surface area contributed by atoms with Gasteiger partial charge in [-0.25, -0.2) is 0 Å². The molecule has 0 unspecified atom stereocenters. The fourth-order valence-corrected chi connectivity index (χ4v) is 5.39. The highest BCUT2D eigenvalue weighted by molar-refractivity contribution is 7.10. The molecule has 0 radical (unpaired) electrons. The van der Waals surface area contributed by atoms with Crippen LogP contribution in [0.25, 0.3) is 0 Å². The number of rotatable bonds is 7. The van der Waals surface area contributed by atoms with Crippen molar-refractivity contribution in [2.24, 2.45) is 0 Å². The van der Waals surface area contributed by atoms with Crippen LogP contribution in [0.3, 0.4) is 0 Å². The second-order valence-electron chi connectivity index (χ2n) is 8.92. The number of carbonyl (C=O) groups excluding carboxylic acids is 2. The summed E-state index contributed by atoms with van der Waals surface area (Å²) in [7, 11) is 0. The first kappa shape index (κ1) is 24.0. The van der Waals surface area contributed by atoms with E-state index in [0.29, 0.717) is 25.3 Å². The Kier molecular flexibility index (Phi) is 7.37. The third kappa shape index (κ3) is 5.17. The highest BCUT2D eigenvalue weighted by Crippen LogP contribution is 2.34. The third-order valence-electron chi connectivity index (χ3n) is 6.44. The van der Waals surface area contributed by atoms with Crippen molar-refractivity contribution < 1.29 is 14.3 Å². The number of fused-ring (bicyclic) bond motifs is 1. The van der Waals surface area contributed by atoms with Gasteiger partial charge < -0.3 is 14.5 Å². The number of thiophene rings is 1. The molecular formula is C28H32N2O3S. The largest absolute Gasteiger partial charge is 0.491 e. The van der Waals surface area contributed by atoms with Crippen LogP contribution in [0.4, 0.5) is 0 Å². The number of nitrogens with zero attached hydrogens (tertiary/aromatic N) is 2. The Morgan fingerprint density at radius 1 is 1.06 bits per heavy atom. The summed E-state index contributed by atoms with van der Waals surface area (Å²) >= 11 is 1.73. The Hall–Kier alpha value is -3.12. The number of likely N-dealkylation sites (N-methyl/N-ethyl adjacent to an activating group) is 1. The van der Waals surface area contributed by atoms with Crippen LogP contribution in [-0.4, -0.2) is 47.9 Å². The molecule has 0 aliphatic carbocycles. The molecule has 0 saturated carbocycles. The molecule has 0 bridgehead atoms. The van der Waals surface area contributed by atoms with Gasteiger partial charge in [-0.15, -0.1) is 11.3 Å². The van der Waals surface area contributed by atoms with Gasteiger partial charge in [0.25, 0.3) is 5.91 Å². The van der Waals surface area contributed by atoms with Crippen molar-refractivity contribution in [1.82, 2.24) is 9.80 Å². The molecule has 0 N–H and O–H groups in total. The lowest BCUT2D eigenvalue weighted by molar-refractivity contribution is -0.135. The van der Waals surface area contributed by atoms with Gasteiger partial charge in [-0.05, 0) is 74.9 Å². The van der Waals surface area contributed by atoms with E-state index in [2.05, 4.69) is 24.4 Å². The lowest BCUT2D eigenvalue weighted by Gasteiger charge is -2.37. The highest BCUT2D eigenvalue weighted by Gasteiger charge is 2.33. The van der Waals surface area contributed by atoms with Gasteiger partial charge in [0.2, 0.25) is 5.91 Å². The monoisotopic (exact) mass is 476 g/mol. The van der Waals surface area contributed by atoms with E-state index in [1.54, 1.807) is 16.2 Å². The number of hydrogen-bond donors (Lipinski definition) is 0. The summed E-state index contributed by atoms with van der Waals surface area (Å²) in [6.07, 6.45) is 0.830. The number of benzene rings is 2. The van der Waals surface area contributed by atoms with E-state index in [9.17, 15) is 9.59 Å². The topological polar surface area (TPSA) is 49.9 Å². The normalized spacial score (nSPS) is 15.1. The highest BCUT2D eigenvalue weighted by atomic mass is 32.1. The zero-order chi connectivity index (χ0) is 24.2. The van der Waals surface area contributed by atoms with Gasteiger partial charge in [-0.2, -0.15) is 0 Å². The van der Waals surface area contributed by atoms with Gasteiger partial charge in [0, 0.05) is 23.5 Å². The zero-order valence-electron chi connectivity index (χ0n) is 20.3. The lowest BCUT2D eigenvalue weighted by atomic mass is 10.00. The van der Waals surface area contributed by atoms with Gasteiger partial charge in [-0.3, -0.25) is 9.59 Å². The van der Waals surface area contributed by atoms with E-state index in [4.69, 9.17) is 4.74 Å². The van der Waals surface area contributed by atoms with E-state index in [-0.39, 0.29) is 24.4 Å². The molecule has 2 heterocycles. The molecule has 0 spiro atoms. The number of ether oxygens (including phenoxy) is 1. The third-order valence-corrected chi connectivity index (χ3v) is 7.43. The first-order valence-electron chi connectivity index (χ1n) is 11.8. The zero-order valence-corrected chi connectivity index (χ0v) is 21.2. The van der Waals surface area contributed by atoms with Crippen molar-refractivity contribution in [3.8, 4) is 5.75 Å². The molecule has 4 rings (SSSR count). The van der Waals surface area contributed by atoms with Gasteiger partial charge >= 0.3 is 0 Å². The lowest BCUT2D eigenvalue weighted by Crippen LogP contribution is -2.47. The van der Waals surface area contributed by atoms with Crippen molar-refractivity contribution in [3.63, 3.8) is 0 Å². The molecule has 34 heavy (non-hydrogen) atoms. The Labute approximate surface area is 206 Å². The summed E-state index contributed by atoms with van der Waals surface area (Å²) in [5, 5.41) is 2.09. The van der Waals surface area contributed by atoms with Crippen molar-refractivity contribution in [1.29, 1.82) is 0 Å². The predicted octanol–water partition coefficient (Wildman–Crippen LogP) is 5.34. The molecule has 1 aromatic heterocycles. The minimum absolute atomic E-state index is 0.0478. The standard InChI is InChI=1S/C28H32N2O3S/c1-5-29(28(32)22-9-6-19(2)7-10-22)17-27(31)30-14-12-26-23(13-15-34-26)24(30)18-33-25-11-8-20(3)16-21(25)4/h6-11,13,15-16,24H,5,12,14,17-18H2,1-4H3/t24-/m0/s1. The minimum Gasteiger partial charge on any atom is -0.491 e. The molecule has 1 atom stereocenters. The Balaban J connectivity index is 1.51. The second-order valence-corrected chi connectivity index (χ2v) is 9.92. The van der Waals surface area contributed by atoms with Crippen molar-refractivity contribution >= 4 is 23.2 Å². The van der Waals surface area contributed by atoms with Gasteiger partial charge in [0.05, 0.1) is 6.04 Å². The van der Waals surface area contributed by atoms with Gasteiger partial charge in [0.15, 0.2) is 0 Å². The van der Waals surface area contributed by atoms with Crippen molar-refractivity contribution in [3.05, 3.63) is 86.6 Å². The van der Waals surface area contributed by atoms with Gasteiger partial charge in [-0.1, -0.05) is 35.4 Å². The molecule has 6 heteroatoms. The minimum atomic E-state index is -0.170. The van der Waals surface area contributed by atoms with Crippen LogP contribution in [0.5, 0.6) is 5.75 Å². The molecule has 2 amide bonds. The van der Waals surface area contributed by atoms with Crippen molar-refractivity contribution in [2.45, 2.75) is 40.2 Å². The predicted molar refractivity (Wildman–Crippen MR) is 137 cm³/mol. The maximum absolute atomic E-state index is 13.5. The smallest absolute Gasteiger partial charge is 0.254 e. The molecule has 5 nitrogen and oxygen atoms in total. The van der Waals surface area contributed by atoms with Crippen LogP contribution >= 0.6 is 11.3 Å². The van der Waals surface area contributed by atoms with Crippen LogP contribution < -0.4 is 4.74 Å². The number of aryl methyl sites for hydroxylation is 3. The summed E-state index contributed by atoms with van der Waals surface area (Å²) < 4.78 is 6.23. The summed E-state index contributed by atoms with van der Waals surface area (Å²) in [6.45, 7) is 9.55. The first-order chi connectivity index (χ1) is 16.4. The summed E-state index contributed by atoms with van der Waals surface area (Å²) in [5.74, 6) is 0.672. The van der Waals surface area contributed by atoms with Crippen LogP contribution in [0, 0.1) is 20.8 Å². The fourth-order valence-electron chi connectivity index (χ4n) is 4.46. The molecule has 0 saturated heterocycles. The molecular weight excluding hydrogens is 444 g/mol. The maximum atomic E-state index is 13.5. The second kappa shape index (κ2) is 10.4. The van der Waals surface area contributed by atoms with E-state index in [1.807, 2.05) is 62.1 Å². The van der Waals surface area contributed by atoms with Crippen LogP contribution in [0.15, 0.2) is 53.9 Å². The fraction of sp³-hybridized carbons (Fsp3) is 0.357. The quantitative estimate of drug-likeness (QED) is 0.462. The average Bonchev–Trinajstić information content (AvgIpc) is 3.31. The molecule has 1 aliphatic heterocycles. The van der Waals surface area contributed by atoms with Crippen molar-refractivity contribution in [2.75, 3.05) is 26.2 Å². The molecule has 2 aromatic carbocycles. The Bertz CT molecular complexity index is 1170. The average molecular weight is 477 g/mol. The summed E-state index contributed by atoms with van der Waals surface area (Å²) in [6, 6.07) is 15.6. The molecule has 1 aliphatic rings. The van der Waals surface area contributed by atoms with Gasteiger partial charge in [0.1, 0.15) is 18.9 Å². The number of hydrogen-bond acceptors (Lipinski definition) is 4. The van der Waals surface area contributed by atoms with E-state index >= 15 is 0 Å². The number of carbonyl (C=O) groups is 2. The van der Waals surface area contributed by atoms with E-state index in [0.717, 1.165) is 28.9 Å². The Morgan fingerprint density at radius 3 is 2.50 bits per heavy atom. The molecule has 3 aromatic rings. The molecule has 0 fully saturated rings. The summed E-state index contributed by atoms with van der Waals surface area (Å²) in [5.41, 5.74) is 5.13.